The number of rotatable bonds is 6. The quantitative estimate of drug-likeness (QED) is 0.829. The van der Waals surface area contributed by atoms with Crippen molar-refractivity contribution < 1.29 is 9.59 Å². The topological polar surface area (TPSA) is 80.2 Å². The summed E-state index contributed by atoms with van der Waals surface area (Å²) in [6.07, 6.45) is 7.20. The predicted octanol–water partition coefficient (Wildman–Crippen LogP) is 2.31. The minimum Gasteiger partial charge on any atom is -0.352 e. The third kappa shape index (κ3) is 5.18. The first-order chi connectivity index (χ1) is 11.8. The highest BCUT2D eigenvalue weighted by Crippen LogP contribution is 2.18. The van der Waals surface area contributed by atoms with Gasteiger partial charge >= 0.3 is 0 Å². The van der Waals surface area contributed by atoms with Gasteiger partial charge in [-0.05, 0) is 32.6 Å². The van der Waals surface area contributed by atoms with Crippen LogP contribution in [0, 0.1) is 5.92 Å². The van der Waals surface area contributed by atoms with Crippen LogP contribution in [0.3, 0.4) is 0 Å². The lowest BCUT2D eigenvalue weighted by molar-refractivity contribution is 0.0935. The van der Waals surface area contributed by atoms with Crippen LogP contribution in [0.5, 0.6) is 0 Å². The zero-order valence-electron chi connectivity index (χ0n) is 15.6. The lowest BCUT2D eigenvalue weighted by Crippen LogP contribution is -2.39. The molecule has 0 aromatic carbocycles. The molecule has 0 spiro atoms. The van der Waals surface area contributed by atoms with E-state index in [0.717, 1.165) is 25.7 Å². The van der Waals surface area contributed by atoms with Crippen LogP contribution in [0.4, 0.5) is 0 Å². The Morgan fingerprint density at radius 2 is 1.64 bits per heavy atom. The summed E-state index contributed by atoms with van der Waals surface area (Å²) >= 11 is 0. The number of carbonyl (C=O) groups is 2. The van der Waals surface area contributed by atoms with E-state index in [1.165, 1.54) is 0 Å². The first-order valence-corrected chi connectivity index (χ1v) is 9.13. The summed E-state index contributed by atoms with van der Waals surface area (Å²) in [7, 11) is 0. The summed E-state index contributed by atoms with van der Waals surface area (Å²) in [5, 5.41) is 5.68. The van der Waals surface area contributed by atoms with E-state index >= 15 is 0 Å². The number of nitrogens with zero attached hydrogens (tertiary/aromatic N) is 1. The van der Waals surface area contributed by atoms with Crippen molar-refractivity contribution in [1.29, 1.82) is 0 Å². The van der Waals surface area contributed by atoms with Crippen molar-refractivity contribution in [3.05, 3.63) is 33.7 Å². The Labute approximate surface area is 149 Å². The number of amides is 2. The molecular weight excluding hydrogens is 318 g/mol. The summed E-state index contributed by atoms with van der Waals surface area (Å²) < 4.78 is 1.77. The molecular formula is C19H29N3O3. The number of pyridine rings is 1. The molecule has 138 valence electrons. The molecule has 1 fully saturated rings. The smallest absolute Gasteiger partial charge is 0.256 e. The molecule has 2 rings (SSSR count). The van der Waals surface area contributed by atoms with Gasteiger partial charge in [0.15, 0.2) is 0 Å². The maximum Gasteiger partial charge on any atom is 0.256 e. The van der Waals surface area contributed by atoms with Crippen LogP contribution in [0.2, 0.25) is 0 Å². The van der Waals surface area contributed by atoms with Gasteiger partial charge in [-0.25, -0.2) is 0 Å². The van der Waals surface area contributed by atoms with Crippen LogP contribution < -0.4 is 16.1 Å². The zero-order valence-corrected chi connectivity index (χ0v) is 15.6. The molecule has 0 radical (unpaired) electrons. The molecule has 1 aromatic heterocycles. The number of carbonyl (C=O) groups excluding carboxylic acids is 2. The van der Waals surface area contributed by atoms with Gasteiger partial charge in [0.25, 0.3) is 11.8 Å². The van der Waals surface area contributed by atoms with Gasteiger partial charge in [0.2, 0.25) is 5.43 Å². The van der Waals surface area contributed by atoms with Crippen molar-refractivity contribution in [2.24, 2.45) is 5.92 Å². The van der Waals surface area contributed by atoms with Gasteiger partial charge in [-0.15, -0.1) is 0 Å². The number of nitrogens with one attached hydrogen (secondary N) is 2. The molecule has 1 aliphatic rings. The molecule has 2 N–H and O–H groups in total. The van der Waals surface area contributed by atoms with E-state index in [1.807, 2.05) is 27.7 Å². The van der Waals surface area contributed by atoms with Gasteiger partial charge in [-0.2, -0.15) is 0 Å². The predicted molar refractivity (Wildman–Crippen MR) is 97.9 cm³/mol. The summed E-state index contributed by atoms with van der Waals surface area (Å²) in [6, 6.07) is 0.0417. The van der Waals surface area contributed by atoms with Gasteiger partial charge in [-0.1, -0.05) is 26.7 Å². The Balaban J connectivity index is 2.37. The van der Waals surface area contributed by atoms with Crippen LogP contribution in [0.1, 0.15) is 74.1 Å². The lowest BCUT2D eigenvalue weighted by atomic mass is 10.1. The van der Waals surface area contributed by atoms with Gasteiger partial charge in [-0.3, -0.25) is 14.4 Å². The number of hydrogen-bond acceptors (Lipinski definition) is 3. The van der Waals surface area contributed by atoms with Crippen molar-refractivity contribution in [3.63, 3.8) is 0 Å². The van der Waals surface area contributed by atoms with Crippen molar-refractivity contribution in [2.75, 3.05) is 0 Å². The number of aromatic nitrogens is 1. The van der Waals surface area contributed by atoms with Crippen LogP contribution in [-0.2, 0) is 6.54 Å². The molecule has 1 aromatic rings. The van der Waals surface area contributed by atoms with Crippen molar-refractivity contribution in [2.45, 2.75) is 72.0 Å². The SMILES string of the molecule is CC(C)Cn1cc(C(=O)NC(C)C)c(=O)c(C(=O)NC2CCCC2)c1. The summed E-state index contributed by atoms with van der Waals surface area (Å²) in [5.74, 6) is -0.490. The average molecular weight is 347 g/mol. The second-order valence-electron chi connectivity index (χ2n) is 7.59. The Kier molecular flexibility index (Phi) is 6.39. The monoisotopic (exact) mass is 347 g/mol. The van der Waals surface area contributed by atoms with Gasteiger partial charge in [0.1, 0.15) is 11.1 Å². The molecule has 1 heterocycles. The molecule has 1 saturated carbocycles. The third-order valence-corrected chi connectivity index (χ3v) is 4.25. The highest BCUT2D eigenvalue weighted by atomic mass is 16.2. The zero-order chi connectivity index (χ0) is 18.6. The molecule has 0 aliphatic heterocycles. The molecule has 0 atom stereocenters. The molecule has 1 aliphatic carbocycles. The van der Waals surface area contributed by atoms with Crippen LogP contribution in [-0.4, -0.2) is 28.5 Å². The summed E-state index contributed by atoms with van der Waals surface area (Å²) in [4.78, 5) is 37.7. The lowest BCUT2D eigenvalue weighted by Gasteiger charge is -2.16. The van der Waals surface area contributed by atoms with Crippen LogP contribution >= 0.6 is 0 Å². The van der Waals surface area contributed by atoms with Crippen LogP contribution in [0.15, 0.2) is 17.2 Å². The highest BCUT2D eigenvalue weighted by molar-refractivity contribution is 5.99. The Morgan fingerprint density at radius 1 is 1.08 bits per heavy atom. The molecule has 2 amide bonds. The second-order valence-corrected chi connectivity index (χ2v) is 7.59. The maximum absolute atomic E-state index is 12.7. The maximum atomic E-state index is 12.7. The Hall–Kier alpha value is -2.11. The van der Waals surface area contributed by atoms with E-state index in [4.69, 9.17) is 0 Å². The van der Waals surface area contributed by atoms with E-state index < -0.39 is 11.3 Å². The molecule has 6 heteroatoms. The first-order valence-electron chi connectivity index (χ1n) is 9.13. The molecule has 0 saturated heterocycles. The molecule has 6 nitrogen and oxygen atoms in total. The highest BCUT2D eigenvalue weighted by Gasteiger charge is 2.23. The normalized spacial score (nSPS) is 15.0. The fraction of sp³-hybridized carbons (Fsp3) is 0.632. The molecule has 0 unspecified atom stereocenters. The first kappa shape index (κ1) is 19.2. The van der Waals surface area contributed by atoms with E-state index in [0.29, 0.717) is 12.5 Å². The van der Waals surface area contributed by atoms with Gasteiger partial charge < -0.3 is 15.2 Å². The fourth-order valence-electron chi connectivity index (χ4n) is 3.16. The van der Waals surface area contributed by atoms with E-state index in [-0.39, 0.29) is 29.1 Å². The van der Waals surface area contributed by atoms with Gasteiger partial charge in [0.05, 0.1) is 0 Å². The average Bonchev–Trinajstić information content (AvgIpc) is 3.00. The molecule has 25 heavy (non-hydrogen) atoms. The Bertz CT molecular complexity index is 686. The minimum absolute atomic E-state index is 0.0217. The van der Waals surface area contributed by atoms with Gasteiger partial charge in [0, 0.05) is 31.0 Å². The standard InChI is InChI=1S/C19H29N3O3/c1-12(2)9-22-10-15(18(24)20-13(3)4)17(23)16(11-22)19(25)21-14-7-5-6-8-14/h10-14H,5-9H2,1-4H3,(H,20,24)(H,21,25). The van der Waals surface area contributed by atoms with E-state index in [2.05, 4.69) is 10.6 Å². The largest absolute Gasteiger partial charge is 0.352 e. The summed E-state index contributed by atoms with van der Waals surface area (Å²) in [5.41, 5.74) is -0.439. The van der Waals surface area contributed by atoms with Crippen molar-refractivity contribution in [3.8, 4) is 0 Å². The Morgan fingerprint density at radius 3 is 2.16 bits per heavy atom. The van der Waals surface area contributed by atoms with Crippen LogP contribution in [0.25, 0.3) is 0 Å². The van der Waals surface area contributed by atoms with Crippen molar-refractivity contribution >= 4 is 11.8 Å². The molecule has 0 bridgehead atoms. The fourth-order valence-corrected chi connectivity index (χ4v) is 3.16. The number of hydrogen-bond donors (Lipinski definition) is 2. The second kappa shape index (κ2) is 8.32. The van der Waals surface area contributed by atoms with E-state index in [1.54, 1.807) is 17.0 Å². The van der Waals surface area contributed by atoms with E-state index in [9.17, 15) is 14.4 Å². The summed E-state index contributed by atoms with van der Waals surface area (Å²) in [6.45, 7) is 8.39. The minimum atomic E-state index is -0.506. The van der Waals surface area contributed by atoms with Crippen molar-refractivity contribution in [1.82, 2.24) is 15.2 Å². The third-order valence-electron chi connectivity index (χ3n) is 4.25.